The van der Waals surface area contributed by atoms with Crippen molar-refractivity contribution in [3.63, 3.8) is 0 Å². The van der Waals surface area contributed by atoms with Crippen LogP contribution in [-0.2, 0) is 0 Å². The number of para-hydroxylation sites is 2. The highest BCUT2D eigenvalue weighted by Gasteiger charge is 2.27. The van der Waals surface area contributed by atoms with Crippen molar-refractivity contribution in [3.8, 4) is 17.3 Å². The van der Waals surface area contributed by atoms with Gasteiger partial charge in [-0.2, -0.15) is 9.78 Å². The summed E-state index contributed by atoms with van der Waals surface area (Å²) in [7, 11) is 0. The molecule has 4 aromatic carbocycles. The molecular formula is C29H23N3O5S. The fourth-order valence-corrected chi connectivity index (χ4v) is 5.14. The molecule has 0 saturated heterocycles. The monoisotopic (exact) mass is 525 g/mol. The van der Waals surface area contributed by atoms with Crippen LogP contribution in [0.25, 0.3) is 16.5 Å². The normalized spacial score (nSPS) is 10.9. The molecule has 1 aromatic heterocycles. The molecule has 190 valence electrons. The number of rotatable bonds is 8. The van der Waals surface area contributed by atoms with Gasteiger partial charge in [0, 0.05) is 6.07 Å². The SMILES string of the molecule is CCOc1ccc2ccccc2c1C(=O)Oc1c(Sc2ccccc2[N+](=O)[O-])c(C)nn1-c1ccccc1. The lowest BCUT2D eigenvalue weighted by Crippen LogP contribution is -2.14. The molecule has 0 unspecified atom stereocenters. The first-order chi connectivity index (χ1) is 18.5. The van der Waals surface area contributed by atoms with E-state index in [4.69, 9.17) is 9.47 Å². The van der Waals surface area contributed by atoms with Crippen LogP contribution in [-0.4, -0.2) is 27.3 Å². The zero-order valence-electron chi connectivity index (χ0n) is 20.7. The Morgan fingerprint density at radius 3 is 2.45 bits per heavy atom. The quantitative estimate of drug-likeness (QED) is 0.122. The summed E-state index contributed by atoms with van der Waals surface area (Å²) in [5, 5.41) is 17.9. The van der Waals surface area contributed by atoms with Crippen molar-refractivity contribution in [1.29, 1.82) is 0 Å². The summed E-state index contributed by atoms with van der Waals surface area (Å²) in [6.45, 7) is 4.00. The number of aryl methyl sites for hydroxylation is 1. The molecule has 5 aromatic rings. The Labute approximate surface area is 223 Å². The van der Waals surface area contributed by atoms with Gasteiger partial charge in [-0.3, -0.25) is 10.1 Å². The third-order valence-corrected chi connectivity index (χ3v) is 7.06. The number of ether oxygens (including phenoxy) is 2. The Kier molecular flexibility index (Phi) is 7.10. The van der Waals surface area contributed by atoms with Gasteiger partial charge in [0.25, 0.3) is 5.69 Å². The van der Waals surface area contributed by atoms with Crippen molar-refractivity contribution in [2.45, 2.75) is 23.6 Å². The summed E-state index contributed by atoms with van der Waals surface area (Å²) in [6.07, 6.45) is 0. The van der Waals surface area contributed by atoms with Gasteiger partial charge in [-0.1, -0.05) is 72.4 Å². The molecule has 9 heteroatoms. The number of hydrogen-bond acceptors (Lipinski definition) is 7. The van der Waals surface area contributed by atoms with Gasteiger partial charge < -0.3 is 9.47 Å². The van der Waals surface area contributed by atoms with Crippen molar-refractivity contribution in [2.24, 2.45) is 0 Å². The second-order valence-electron chi connectivity index (χ2n) is 8.28. The first kappa shape index (κ1) is 25.0. The summed E-state index contributed by atoms with van der Waals surface area (Å²) in [6, 6.07) is 26.8. The van der Waals surface area contributed by atoms with E-state index in [9.17, 15) is 14.9 Å². The standard InChI is InChI=1S/C29H23N3O5S/c1-3-36-24-18-17-20-11-7-8-14-22(20)26(24)29(33)37-28-27(38-25-16-10-9-15-23(25)32(34)35)19(2)30-31(28)21-12-5-4-6-13-21/h4-18H,3H2,1-2H3. The average Bonchev–Trinajstić information content (AvgIpc) is 3.23. The predicted molar refractivity (Wildman–Crippen MR) is 146 cm³/mol. The highest BCUT2D eigenvalue weighted by atomic mass is 32.2. The molecule has 0 aliphatic carbocycles. The van der Waals surface area contributed by atoms with Crippen molar-refractivity contribution in [3.05, 3.63) is 112 Å². The fraction of sp³-hybridized carbons (Fsp3) is 0.103. The summed E-state index contributed by atoms with van der Waals surface area (Å²) >= 11 is 1.13. The summed E-state index contributed by atoms with van der Waals surface area (Å²) in [5.74, 6) is -0.0458. The van der Waals surface area contributed by atoms with Gasteiger partial charge in [0.05, 0.1) is 32.7 Å². The number of benzene rings is 4. The number of esters is 1. The van der Waals surface area contributed by atoms with Crippen molar-refractivity contribution in [1.82, 2.24) is 9.78 Å². The van der Waals surface area contributed by atoms with E-state index < -0.39 is 10.9 Å². The van der Waals surface area contributed by atoms with Gasteiger partial charge in [-0.05, 0) is 48.9 Å². The molecule has 0 aliphatic rings. The minimum Gasteiger partial charge on any atom is -0.493 e. The maximum absolute atomic E-state index is 13.8. The first-order valence-corrected chi connectivity index (χ1v) is 12.7. The number of carbonyl (C=O) groups excluding carboxylic acids is 1. The van der Waals surface area contributed by atoms with E-state index in [-0.39, 0.29) is 11.6 Å². The topological polar surface area (TPSA) is 96.5 Å². The Morgan fingerprint density at radius 2 is 1.68 bits per heavy atom. The molecule has 0 saturated carbocycles. The molecule has 38 heavy (non-hydrogen) atoms. The highest BCUT2D eigenvalue weighted by molar-refractivity contribution is 7.99. The predicted octanol–water partition coefficient (Wildman–Crippen LogP) is 7.01. The van der Waals surface area contributed by atoms with Crippen LogP contribution < -0.4 is 9.47 Å². The summed E-state index contributed by atoms with van der Waals surface area (Å²) in [4.78, 5) is 26.0. The molecular weight excluding hydrogens is 502 g/mol. The van der Waals surface area contributed by atoms with Crippen LogP contribution in [0.15, 0.2) is 101 Å². The van der Waals surface area contributed by atoms with Crippen LogP contribution in [0.5, 0.6) is 11.6 Å². The molecule has 0 aliphatic heterocycles. The largest absolute Gasteiger partial charge is 0.493 e. The molecule has 8 nitrogen and oxygen atoms in total. The third-order valence-electron chi connectivity index (χ3n) is 5.82. The molecule has 0 fully saturated rings. The van der Waals surface area contributed by atoms with Crippen LogP contribution in [0.3, 0.4) is 0 Å². The lowest BCUT2D eigenvalue weighted by molar-refractivity contribution is -0.387. The maximum Gasteiger partial charge on any atom is 0.349 e. The molecule has 0 radical (unpaired) electrons. The van der Waals surface area contributed by atoms with Crippen LogP contribution in [0.4, 0.5) is 5.69 Å². The summed E-state index contributed by atoms with van der Waals surface area (Å²) < 4.78 is 13.4. The number of fused-ring (bicyclic) bond motifs is 1. The summed E-state index contributed by atoms with van der Waals surface area (Å²) in [5.41, 5.74) is 1.48. The molecule has 1 heterocycles. The van der Waals surface area contributed by atoms with Crippen molar-refractivity contribution >= 4 is 34.2 Å². The Bertz CT molecular complexity index is 1650. The van der Waals surface area contributed by atoms with Crippen LogP contribution in [0.2, 0.25) is 0 Å². The van der Waals surface area contributed by atoms with Crippen LogP contribution in [0, 0.1) is 17.0 Å². The van der Waals surface area contributed by atoms with E-state index in [0.29, 0.717) is 44.5 Å². The maximum atomic E-state index is 13.8. The van der Waals surface area contributed by atoms with Crippen molar-refractivity contribution < 1.29 is 19.2 Å². The number of hydrogen-bond donors (Lipinski definition) is 0. The number of nitro groups is 1. The average molecular weight is 526 g/mol. The minimum absolute atomic E-state index is 0.0469. The first-order valence-electron chi connectivity index (χ1n) is 11.9. The van der Waals surface area contributed by atoms with Gasteiger partial charge in [0.2, 0.25) is 5.88 Å². The fourth-order valence-electron chi connectivity index (χ4n) is 4.12. The van der Waals surface area contributed by atoms with Gasteiger partial charge in [-0.15, -0.1) is 0 Å². The van der Waals surface area contributed by atoms with Gasteiger partial charge >= 0.3 is 5.97 Å². The van der Waals surface area contributed by atoms with Crippen LogP contribution in [0.1, 0.15) is 23.0 Å². The van der Waals surface area contributed by atoms with E-state index in [1.165, 1.54) is 10.7 Å². The minimum atomic E-state index is -0.619. The number of carbonyl (C=O) groups is 1. The molecule has 0 bridgehead atoms. The molecule has 0 N–H and O–H groups in total. The van der Waals surface area contributed by atoms with E-state index in [1.54, 1.807) is 31.2 Å². The third kappa shape index (κ3) is 4.83. The van der Waals surface area contributed by atoms with Gasteiger partial charge in [0.15, 0.2) is 0 Å². The second-order valence-corrected chi connectivity index (χ2v) is 9.33. The van der Waals surface area contributed by atoms with E-state index in [1.807, 2.05) is 67.6 Å². The lowest BCUT2D eigenvalue weighted by atomic mass is 10.0. The van der Waals surface area contributed by atoms with Gasteiger partial charge in [0.1, 0.15) is 11.3 Å². The molecule has 5 rings (SSSR count). The highest BCUT2D eigenvalue weighted by Crippen LogP contribution is 2.43. The second kappa shape index (κ2) is 10.8. The lowest BCUT2D eigenvalue weighted by Gasteiger charge is -2.14. The van der Waals surface area contributed by atoms with Crippen LogP contribution >= 0.6 is 11.8 Å². The smallest absolute Gasteiger partial charge is 0.349 e. The molecule has 0 amide bonds. The molecule has 0 atom stereocenters. The Morgan fingerprint density at radius 1 is 0.974 bits per heavy atom. The Balaban J connectivity index is 1.65. The van der Waals surface area contributed by atoms with E-state index in [0.717, 1.165) is 17.1 Å². The number of aromatic nitrogens is 2. The van der Waals surface area contributed by atoms with Gasteiger partial charge in [-0.25, -0.2) is 4.79 Å². The number of nitrogens with zero attached hydrogens (tertiary/aromatic N) is 3. The van der Waals surface area contributed by atoms with Crippen molar-refractivity contribution in [2.75, 3.05) is 6.61 Å². The zero-order chi connectivity index (χ0) is 26.6. The molecule has 0 spiro atoms. The van der Waals surface area contributed by atoms with E-state index in [2.05, 4.69) is 5.10 Å². The zero-order valence-corrected chi connectivity index (χ0v) is 21.5. The number of nitro benzene ring substituents is 1. The Hall–Kier alpha value is -4.63. The van der Waals surface area contributed by atoms with E-state index >= 15 is 0 Å².